The molecule has 4 heteroatoms. The first kappa shape index (κ1) is 17.4. The van der Waals surface area contributed by atoms with Gasteiger partial charge in [-0.15, -0.1) is 0 Å². The van der Waals surface area contributed by atoms with Crippen LogP contribution in [-0.4, -0.2) is 35.5 Å². The molecule has 0 aromatic rings. The average Bonchev–Trinajstić information content (AvgIpc) is 2.32. The minimum atomic E-state index is -1.10. The Kier molecular flexibility index (Phi) is 7.48. The van der Waals surface area contributed by atoms with Crippen molar-refractivity contribution in [3.05, 3.63) is 0 Å². The fraction of sp³-hybridized carbons (Fsp3) is 0.929. The van der Waals surface area contributed by atoms with Crippen molar-refractivity contribution >= 4 is 5.97 Å². The first-order chi connectivity index (χ1) is 8.27. The standard InChI is InChI=1S/C14H28O4/c1-6-7-11(18-5)9-8-10(2)12(15)14(3,4)13(16)17/h10-12,15H,6-9H2,1-5H3,(H,16,17). The van der Waals surface area contributed by atoms with Crippen LogP contribution in [0.1, 0.15) is 53.4 Å². The highest BCUT2D eigenvalue weighted by Gasteiger charge is 2.38. The SMILES string of the molecule is CCCC(CCC(C)C(O)C(C)(C)C(=O)O)OC. The third kappa shape index (κ3) is 4.94. The maximum absolute atomic E-state index is 11.1. The molecule has 3 unspecified atom stereocenters. The minimum absolute atomic E-state index is 0.0504. The van der Waals surface area contributed by atoms with Crippen LogP contribution < -0.4 is 0 Å². The van der Waals surface area contributed by atoms with E-state index < -0.39 is 17.5 Å². The number of rotatable bonds is 9. The van der Waals surface area contributed by atoms with Crippen LogP contribution in [0.4, 0.5) is 0 Å². The van der Waals surface area contributed by atoms with Crippen LogP contribution in [0.25, 0.3) is 0 Å². The van der Waals surface area contributed by atoms with Gasteiger partial charge in [0.15, 0.2) is 0 Å². The molecule has 0 rings (SSSR count). The van der Waals surface area contributed by atoms with Gasteiger partial charge in [-0.1, -0.05) is 20.3 Å². The van der Waals surface area contributed by atoms with Gasteiger partial charge in [-0.05, 0) is 39.0 Å². The Morgan fingerprint density at radius 1 is 1.28 bits per heavy atom. The monoisotopic (exact) mass is 260 g/mol. The van der Waals surface area contributed by atoms with Crippen molar-refractivity contribution in [2.75, 3.05) is 7.11 Å². The summed E-state index contributed by atoms with van der Waals surface area (Å²) in [7, 11) is 1.70. The molecule has 0 aromatic carbocycles. The number of carboxylic acid groups (broad SMARTS) is 1. The highest BCUT2D eigenvalue weighted by atomic mass is 16.5. The number of ether oxygens (including phenoxy) is 1. The molecule has 4 nitrogen and oxygen atoms in total. The van der Waals surface area contributed by atoms with Crippen LogP contribution in [0.15, 0.2) is 0 Å². The second kappa shape index (κ2) is 7.74. The Morgan fingerprint density at radius 2 is 1.83 bits per heavy atom. The van der Waals surface area contributed by atoms with E-state index in [0.29, 0.717) is 0 Å². The molecule has 0 spiro atoms. The summed E-state index contributed by atoms with van der Waals surface area (Å²) in [4.78, 5) is 11.1. The van der Waals surface area contributed by atoms with Crippen LogP contribution in [0.3, 0.4) is 0 Å². The maximum Gasteiger partial charge on any atom is 0.311 e. The third-order valence-electron chi connectivity index (χ3n) is 3.72. The molecule has 0 aromatic heterocycles. The number of aliphatic hydroxyl groups excluding tert-OH is 1. The molecule has 3 atom stereocenters. The predicted octanol–water partition coefficient (Wildman–Crippen LogP) is 2.69. The van der Waals surface area contributed by atoms with Crippen molar-refractivity contribution in [1.29, 1.82) is 0 Å². The van der Waals surface area contributed by atoms with Gasteiger partial charge < -0.3 is 14.9 Å². The lowest BCUT2D eigenvalue weighted by molar-refractivity contribution is -0.155. The van der Waals surface area contributed by atoms with E-state index in [9.17, 15) is 9.90 Å². The van der Waals surface area contributed by atoms with Crippen LogP contribution in [0.2, 0.25) is 0 Å². The second-order valence-electron chi connectivity index (χ2n) is 5.67. The van der Waals surface area contributed by atoms with Gasteiger partial charge in [-0.3, -0.25) is 4.79 Å². The number of aliphatic hydroxyl groups is 1. The van der Waals surface area contributed by atoms with E-state index in [-0.39, 0.29) is 12.0 Å². The lowest BCUT2D eigenvalue weighted by atomic mass is 9.78. The maximum atomic E-state index is 11.1. The highest BCUT2D eigenvalue weighted by Crippen LogP contribution is 2.29. The van der Waals surface area contributed by atoms with Gasteiger partial charge in [-0.2, -0.15) is 0 Å². The largest absolute Gasteiger partial charge is 0.481 e. The average molecular weight is 260 g/mol. The van der Waals surface area contributed by atoms with Gasteiger partial charge in [0.1, 0.15) is 0 Å². The van der Waals surface area contributed by atoms with E-state index in [1.165, 1.54) is 0 Å². The minimum Gasteiger partial charge on any atom is -0.481 e. The topological polar surface area (TPSA) is 66.8 Å². The molecular weight excluding hydrogens is 232 g/mol. The zero-order chi connectivity index (χ0) is 14.3. The summed E-state index contributed by atoms with van der Waals surface area (Å²) in [5, 5.41) is 19.2. The van der Waals surface area contributed by atoms with Crippen molar-refractivity contribution < 1.29 is 19.7 Å². The van der Waals surface area contributed by atoms with Gasteiger partial charge in [0, 0.05) is 7.11 Å². The Bertz CT molecular complexity index is 250. The van der Waals surface area contributed by atoms with E-state index in [1.54, 1.807) is 21.0 Å². The number of methoxy groups -OCH3 is 1. The van der Waals surface area contributed by atoms with E-state index in [4.69, 9.17) is 9.84 Å². The van der Waals surface area contributed by atoms with Crippen LogP contribution in [-0.2, 0) is 9.53 Å². The third-order valence-corrected chi connectivity index (χ3v) is 3.72. The smallest absolute Gasteiger partial charge is 0.311 e. The van der Waals surface area contributed by atoms with Crippen LogP contribution in [0.5, 0.6) is 0 Å². The van der Waals surface area contributed by atoms with Gasteiger partial charge in [0.2, 0.25) is 0 Å². The molecule has 0 aliphatic heterocycles. The van der Waals surface area contributed by atoms with E-state index in [0.717, 1.165) is 25.7 Å². The summed E-state index contributed by atoms with van der Waals surface area (Å²) in [6.07, 6.45) is 3.07. The second-order valence-corrected chi connectivity index (χ2v) is 5.67. The summed E-state index contributed by atoms with van der Waals surface area (Å²) in [6.45, 7) is 7.14. The summed E-state index contributed by atoms with van der Waals surface area (Å²) in [6, 6.07) is 0. The molecule has 0 fully saturated rings. The molecule has 0 saturated carbocycles. The Balaban J connectivity index is 4.31. The molecule has 108 valence electrons. The first-order valence-corrected chi connectivity index (χ1v) is 6.71. The molecule has 0 saturated heterocycles. The molecule has 0 radical (unpaired) electrons. The Labute approximate surface area is 110 Å². The molecule has 0 heterocycles. The fourth-order valence-corrected chi connectivity index (χ4v) is 2.15. The molecule has 18 heavy (non-hydrogen) atoms. The molecule has 0 bridgehead atoms. The van der Waals surface area contributed by atoms with Crippen molar-refractivity contribution in [3.8, 4) is 0 Å². The summed E-state index contributed by atoms with van der Waals surface area (Å²) in [5.41, 5.74) is -1.10. The van der Waals surface area contributed by atoms with E-state index >= 15 is 0 Å². The normalized spacial score (nSPS) is 17.2. The summed E-state index contributed by atoms with van der Waals surface area (Å²) < 4.78 is 5.36. The summed E-state index contributed by atoms with van der Waals surface area (Å²) in [5.74, 6) is -1.01. The molecule has 2 N–H and O–H groups in total. The molecule has 0 amide bonds. The van der Waals surface area contributed by atoms with Crippen LogP contribution in [0, 0.1) is 11.3 Å². The first-order valence-electron chi connectivity index (χ1n) is 6.71. The quantitative estimate of drug-likeness (QED) is 0.669. The van der Waals surface area contributed by atoms with Crippen molar-refractivity contribution in [2.24, 2.45) is 11.3 Å². The fourth-order valence-electron chi connectivity index (χ4n) is 2.15. The van der Waals surface area contributed by atoms with Crippen molar-refractivity contribution in [3.63, 3.8) is 0 Å². The van der Waals surface area contributed by atoms with E-state index in [2.05, 4.69) is 6.92 Å². The van der Waals surface area contributed by atoms with Crippen molar-refractivity contribution in [2.45, 2.75) is 65.6 Å². The highest BCUT2D eigenvalue weighted by molar-refractivity contribution is 5.74. The van der Waals surface area contributed by atoms with E-state index in [1.807, 2.05) is 6.92 Å². The zero-order valence-corrected chi connectivity index (χ0v) is 12.3. The van der Waals surface area contributed by atoms with Crippen molar-refractivity contribution in [1.82, 2.24) is 0 Å². The lowest BCUT2D eigenvalue weighted by Crippen LogP contribution is -2.41. The Morgan fingerprint density at radius 3 is 2.22 bits per heavy atom. The summed E-state index contributed by atoms with van der Waals surface area (Å²) >= 11 is 0. The van der Waals surface area contributed by atoms with Gasteiger partial charge in [0.05, 0.1) is 17.6 Å². The number of carbonyl (C=O) groups is 1. The molecular formula is C14H28O4. The number of hydrogen-bond acceptors (Lipinski definition) is 3. The lowest BCUT2D eigenvalue weighted by Gasteiger charge is -2.31. The molecule has 0 aliphatic rings. The Hall–Kier alpha value is -0.610. The number of hydrogen-bond donors (Lipinski definition) is 2. The van der Waals surface area contributed by atoms with Gasteiger partial charge in [0.25, 0.3) is 0 Å². The predicted molar refractivity (Wildman–Crippen MR) is 71.5 cm³/mol. The zero-order valence-electron chi connectivity index (χ0n) is 12.3. The molecule has 0 aliphatic carbocycles. The van der Waals surface area contributed by atoms with Gasteiger partial charge in [-0.25, -0.2) is 0 Å². The number of carboxylic acids is 1. The van der Waals surface area contributed by atoms with Crippen LogP contribution >= 0.6 is 0 Å². The van der Waals surface area contributed by atoms with Gasteiger partial charge >= 0.3 is 5.97 Å². The number of aliphatic carboxylic acids is 1.